The van der Waals surface area contributed by atoms with Gasteiger partial charge in [0.25, 0.3) is 0 Å². The number of nitrogens with zero attached hydrogens (tertiary/aromatic N) is 1. The van der Waals surface area contributed by atoms with Crippen LogP contribution in [0.4, 0.5) is 0 Å². The number of amides is 1. The van der Waals surface area contributed by atoms with Crippen molar-refractivity contribution in [3.63, 3.8) is 0 Å². The van der Waals surface area contributed by atoms with Gasteiger partial charge in [-0.2, -0.15) is 0 Å². The van der Waals surface area contributed by atoms with Gasteiger partial charge in [0.2, 0.25) is 5.91 Å². The summed E-state index contributed by atoms with van der Waals surface area (Å²) in [5.74, 6) is -0.108. The lowest BCUT2D eigenvalue weighted by Crippen LogP contribution is -2.28. The highest BCUT2D eigenvalue weighted by Gasteiger charge is 2.06. The molecule has 0 fully saturated rings. The molecule has 18 heavy (non-hydrogen) atoms. The normalized spacial score (nSPS) is 11.1. The van der Waals surface area contributed by atoms with E-state index in [1.54, 1.807) is 11.3 Å². The molecule has 0 saturated carbocycles. The Labute approximate surface area is 110 Å². The number of para-hydroxylation sites is 1. The second kappa shape index (κ2) is 5.93. The second-order valence-electron chi connectivity index (χ2n) is 4.21. The summed E-state index contributed by atoms with van der Waals surface area (Å²) in [6.07, 6.45) is 0.0678. The fraction of sp³-hybridized carbons (Fsp3) is 0.385. The molecule has 1 heterocycles. The van der Waals surface area contributed by atoms with E-state index in [0.29, 0.717) is 6.54 Å². The molecule has 0 atom stereocenters. The SMILES string of the molecule is CC(C)OCC(=O)NCc1nc2ccccc2s1. The molecule has 4 nitrogen and oxygen atoms in total. The van der Waals surface area contributed by atoms with Gasteiger partial charge < -0.3 is 10.1 Å². The number of fused-ring (bicyclic) bond motifs is 1. The predicted molar refractivity (Wildman–Crippen MR) is 72.6 cm³/mol. The fourth-order valence-electron chi connectivity index (χ4n) is 1.46. The van der Waals surface area contributed by atoms with Gasteiger partial charge in [0.15, 0.2) is 0 Å². The van der Waals surface area contributed by atoms with Crippen molar-refractivity contribution >= 4 is 27.5 Å². The first-order valence-corrected chi connectivity index (χ1v) is 6.69. The van der Waals surface area contributed by atoms with E-state index in [9.17, 15) is 4.79 Å². The van der Waals surface area contributed by atoms with Crippen molar-refractivity contribution in [3.8, 4) is 0 Å². The number of thiazole rings is 1. The highest BCUT2D eigenvalue weighted by atomic mass is 32.1. The molecule has 96 valence electrons. The number of hydrogen-bond acceptors (Lipinski definition) is 4. The zero-order chi connectivity index (χ0) is 13.0. The van der Waals surface area contributed by atoms with Crippen LogP contribution in [0, 0.1) is 0 Å². The molecule has 0 bridgehead atoms. The Morgan fingerprint density at radius 2 is 2.22 bits per heavy atom. The molecule has 0 saturated heterocycles. The van der Waals surface area contributed by atoms with Crippen LogP contribution in [-0.2, 0) is 16.1 Å². The summed E-state index contributed by atoms with van der Waals surface area (Å²) in [4.78, 5) is 15.9. The van der Waals surface area contributed by atoms with Crippen molar-refractivity contribution in [2.24, 2.45) is 0 Å². The van der Waals surface area contributed by atoms with Crippen molar-refractivity contribution in [1.82, 2.24) is 10.3 Å². The molecule has 1 N–H and O–H groups in total. The molecule has 1 aromatic carbocycles. The largest absolute Gasteiger partial charge is 0.369 e. The summed E-state index contributed by atoms with van der Waals surface area (Å²) in [5.41, 5.74) is 0.977. The molecule has 0 radical (unpaired) electrons. The molecule has 0 aliphatic carbocycles. The van der Waals surface area contributed by atoms with Crippen LogP contribution < -0.4 is 5.32 Å². The van der Waals surface area contributed by atoms with Crippen LogP contribution in [0.1, 0.15) is 18.9 Å². The Bertz CT molecular complexity index is 504. The van der Waals surface area contributed by atoms with E-state index < -0.39 is 0 Å². The molecule has 5 heteroatoms. The lowest BCUT2D eigenvalue weighted by atomic mass is 10.3. The second-order valence-corrected chi connectivity index (χ2v) is 5.33. The van der Waals surface area contributed by atoms with Gasteiger partial charge in [-0.25, -0.2) is 4.98 Å². The summed E-state index contributed by atoms with van der Waals surface area (Å²) >= 11 is 1.60. The minimum Gasteiger partial charge on any atom is -0.369 e. The third-order valence-electron chi connectivity index (χ3n) is 2.32. The molecule has 0 spiro atoms. The maximum Gasteiger partial charge on any atom is 0.246 e. The lowest BCUT2D eigenvalue weighted by Gasteiger charge is -2.07. The van der Waals surface area contributed by atoms with Crippen molar-refractivity contribution in [1.29, 1.82) is 0 Å². The summed E-state index contributed by atoms with van der Waals surface area (Å²) in [6, 6.07) is 7.94. The number of carbonyl (C=O) groups excluding carboxylic acids is 1. The van der Waals surface area contributed by atoms with Crippen LogP contribution in [0.15, 0.2) is 24.3 Å². The maximum absolute atomic E-state index is 11.5. The standard InChI is InChI=1S/C13H16N2O2S/c1-9(2)17-8-12(16)14-7-13-15-10-5-3-4-6-11(10)18-13/h3-6,9H,7-8H2,1-2H3,(H,14,16). The van der Waals surface area contributed by atoms with Gasteiger partial charge in [-0.15, -0.1) is 11.3 Å². The monoisotopic (exact) mass is 264 g/mol. The molecule has 1 amide bonds. The molecule has 0 unspecified atom stereocenters. The number of aromatic nitrogens is 1. The quantitative estimate of drug-likeness (QED) is 0.901. The number of ether oxygens (including phenoxy) is 1. The van der Waals surface area contributed by atoms with E-state index in [4.69, 9.17) is 4.74 Å². The van der Waals surface area contributed by atoms with Crippen molar-refractivity contribution in [3.05, 3.63) is 29.3 Å². The van der Waals surface area contributed by atoms with Gasteiger partial charge in [0, 0.05) is 0 Å². The van der Waals surface area contributed by atoms with E-state index in [1.165, 1.54) is 0 Å². The average Bonchev–Trinajstić information content (AvgIpc) is 2.76. The zero-order valence-electron chi connectivity index (χ0n) is 10.5. The van der Waals surface area contributed by atoms with Gasteiger partial charge in [-0.05, 0) is 26.0 Å². The van der Waals surface area contributed by atoms with Crippen molar-refractivity contribution < 1.29 is 9.53 Å². The van der Waals surface area contributed by atoms with Crippen LogP contribution in [0.25, 0.3) is 10.2 Å². The summed E-state index contributed by atoms with van der Waals surface area (Å²) < 4.78 is 6.36. The van der Waals surface area contributed by atoms with Crippen molar-refractivity contribution in [2.75, 3.05) is 6.61 Å². The predicted octanol–water partition coefficient (Wildman–Crippen LogP) is 2.34. The Morgan fingerprint density at radius 3 is 2.94 bits per heavy atom. The van der Waals surface area contributed by atoms with E-state index in [-0.39, 0.29) is 18.6 Å². The third-order valence-corrected chi connectivity index (χ3v) is 3.36. The highest BCUT2D eigenvalue weighted by molar-refractivity contribution is 7.18. The van der Waals surface area contributed by atoms with E-state index >= 15 is 0 Å². The molecular weight excluding hydrogens is 248 g/mol. The number of rotatable bonds is 5. The highest BCUT2D eigenvalue weighted by Crippen LogP contribution is 2.21. The van der Waals surface area contributed by atoms with Crippen LogP contribution in [0.3, 0.4) is 0 Å². The molecule has 0 aliphatic heterocycles. The smallest absolute Gasteiger partial charge is 0.246 e. The number of nitrogens with one attached hydrogen (secondary N) is 1. The van der Waals surface area contributed by atoms with Gasteiger partial charge in [-0.1, -0.05) is 12.1 Å². The molecule has 0 aliphatic rings. The van der Waals surface area contributed by atoms with Gasteiger partial charge in [0.1, 0.15) is 11.6 Å². The minimum absolute atomic E-state index is 0.0678. The molecule has 2 rings (SSSR count). The number of carbonyl (C=O) groups is 1. The van der Waals surface area contributed by atoms with Crippen LogP contribution in [-0.4, -0.2) is 23.6 Å². The topological polar surface area (TPSA) is 51.2 Å². The number of benzene rings is 1. The van der Waals surface area contributed by atoms with Crippen LogP contribution >= 0.6 is 11.3 Å². The molecule has 1 aromatic heterocycles. The first-order chi connectivity index (χ1) is 8.65. The summed E-state index contributed by atoms with van der Waals surface area (Å²) in [7, 11) is 0. The summed E-state index contributed by atoms with van der Waals surface area (Å²) in [5, 5.41) is 3.71. The van der Waals surface area contributed by atoms with E-state index in [2.05, 4.69) is 10.3 Å². The fourth-order valence-corrected chi connectivity index (χ4v) is 2.37. The van der Waals surface area contributed by atoms with Crippen LogP contribution in [0.5, 0.6) is 0 Å². The Hall–Kier alpha value is -1.46. The van der Waals surface area contributed by atoms with Gasteiger partial charge >= 0.3 is 0 Å². The lowest BCUT2D eigenvalue weighted by molar-refractivity contribution is -0.127. The maximum atomic E-state index is 11.5. The Balaban J connectivity index is 1.88. The summed E-state index contributed by atoms with van der Waals surface area (Å²) in [6.45, 7) is 4.36. The van der Waals surface area contributed by atoms with E-state index in [0.717, 1.165) is 15.2 Å². The van der Waals surface area contributed by atoms with E-state index in [1.807, 2.05) is 38.1 Å². The Kier molecular flexibility index (Phi) is 4.28. The van der Waals surface area contributed by atoms with Crippen molar-refractivity contribution in [2.45, 2.75) is 26.5 Å². The average molecular weight is 264 g/mol. The third kappa shape index (κ3) is 3.51. The zero-order valence-corrected chi connectivity index (χ0v) is 11.3. The molecule has 2 aromatic rings. The van der Waals surface area contributed by atoms with Gasteiger partial charge in [0.05, 0.1) is 22.9 Å². The Morgan fingerprint density at radius 1 is 1.44 bits per heavy atom. The van der Waals surface area contributed by atoms with Gasteiger partial charge in [-0.3, -0.25) is 4.79 Å². The minimum atomic E-state index is -0.108. The molecular formula is C13H16N2O2S. The van der Waals surface area contributed by atoms with Crippen LogP contribution in [0.2, 0.25) is 0 Å². The first-order valence-electron chi connectivity index (χ1n) is 5.88. The number of hydrogen-bond donors (Lipinski definition) is 1. The first kappa shape index (κ1) is 13.0.